The molecular formula is C24H23N3O4. The zero-order chi connectivity index (χ0) is 21.5. The molecule has 0 fully saturated rings. The largest absolute Gasteiger partial charge is 0.493 e. The number of rotatable bonds is 4. The number of carbonyl (C=O) groups is 1. The first-order valence-corrected chi connectivity index (χ1v) is 10.2. The average molecular weight is 417 g/mol. The fraction of sp³-hybridized carbons (Fsp3) is 0.292. The number of aryl methyl sites for hydroxylation is 1. The van der Waals surface area contributed by atoms with Gasteiger partial charge in [0.2, 0.25) is 5.88 Å². The monoisotopic (exact) mass is 417 g/mol. The third-order valence-electron chi connectivity index (χ3n) is 6.15. The summed E-state index contributed by atoms with van der Waals surface area (Å²) in [5.41, 5.74) is 5.35. The molecule has 5 rings (SSSR count). The molecule has 1 aromatic carbocycles. The number of ether oxygens (including phenoxy) is 2. The standard InChI is InChI=1S/C24H23N3O4/c1-13-21-22(15-5-4-8-25-12-15)23-17(26-24(21)31-27-13)9-16(10-18(23)28)14-6-7-19(29-2)20(11-14)30-3/h4-8,11-12,16,22,26H,9-10H2,1-3H3/t16-,22+/m1/s1. The van der Waals surface area contributed by atoms with Gasteiger partial charge in [0, 0.05) is 36.0 Å². The highest BCUT2D eigenvalue weighted by Gasteiger charge is 2.41. The van der Waals surface area contributed by atoms with Gasteiger partial charge in [-0.15, -0.1) is 0 Å². The minimum absolute atomic E-state index is 0.0265. The van der Waals surface area contributed by atoms with Crippen LogP contribution < -0.4 is 14.8 Å². The van der Waals surface area contributed by atoms with E-state index in [1.54, 1.807) is 20.4 Å². The lowest BCUT2D eigenvalue weighted by Gasteiger charge is -2.34. The van der Waals surface area contributed by atoms with E-state index in [-0.39, 0.29) is 17.6 Å². The minimum Gasteiger partial charge on any atom is -0.493 e. The van der Waals surface area contributed by atoms with Crippen molar-refractivity contribution in [1.82, 2.24) is 10.1 Å². The van der Waals surface area contributed by atoms with Crippen LogP contribution in [0.4, 0.5) is 5.88 Å². The molecule has 2 aromatic heterocycles. The molecule has 2 aliphatic rings. The van der Waals surface area contributed by atoms with Gasteiger partial charge in [-0.1, -0.05) is 17.3 Å². The van der Waals surface area contributed by atoms with Crippen molar-refractivity contribution in [1.29, 1.82) is 0 Å². The number of carbonyl (C=O) groups excluding carboxylic acids is 1. The van der Waals surface area contributed by atoms with E-state index in [4.69, 9.17) is 14.0 Å². The van der Waals surface area contributed by atoms with E-state index in [2.05, 4.69) is 15.5 Å². The molecule has 31 heavy (non-hydrogen) atoms. The van der Waals surface area contributed by atoms with Crippen molar-refractivity contribution in [2.75, 3.05) is 19.5 Å². The van der Waals surface area contributed by atoms with Gasteiger partial charge >= 0.3 is 0 Å². The Morgan fingerprint density at radius 3 is 2.68 bits per heavy atom. The Bertz CT molecular complexity index is 1180. The van der Waals surface area contributed by atoms with Gasteiger partial charge < -0.3 is 19.3 Å². The first-order valence-electron chi connectivity index (χ1n) is 10.2. The van der Waals surface area contributed by atoms with Gasteiger partial charge in [0.1, 0.15) is 0 Å². The summed E-state index contributed by atoms with van der Waals surface area (Å²) < 4.78 is 16.4. The topological polar surface area (TPSA) is 86.5 Å². The summed E-state index contributed by atoms with van der Waals surface area (Å²) in [6.07, 6.45) is 4.65. The molecule has 3 aromatic rings. The molecule has 3 heterocycles. The Labute approximate surface area is 180 Å². The Balaban J connectivity index is 1.57. The van der Waals surface area contributed by atoms with Crippen LogP contribution in [-0.2, 0) is 4.79 Å². The van der Waals surface area contributed by atoms with Crippen LogP contribution in [0.1, 0.15) is 47.1 Å². The van der Waals surface area contributed by atoms with Gasteiger partial charge in [-0.3, -0.25) is 9.78 Å². The van der Waals surface area contributed by atoms with Crippen LogP contribution in [0, 0.1) is 6.92 Å². The van der Waals surface area contributed by atoms with Crippen LogP contribution in [0.15, 0.2) is 58.5 Å². The molecule has 1 N–H and O–H groups in total. The fourth-order valence-electron chi connectivity index (χ4n) is 4.69. The third kappa shape index (κ3) is 3.17. The van der Waals surface area contributed by atoms with Crippen molar-refractivity contribution in [3.63, 3.8) is 0 Å². The lowest BCUT2D eigenvalue weighted by atomic mass is 9.72. The van der Waals surface area contributed by atoms with Crippen LogP contribution in [-0.4, -0.2) is 30.1 Å². The predicted octanol–water partition coefficient (Wildman–Crippen LogP) is 4.35. The molecule has 0 unspecified atom stereocenters. The quantitative estimate of drug-likeness (QED) is 0.675. The second kappa shape index (κ2) is 7.58. The van der Waals surface area contributed by atoms with Gasteiger partial charge in [0.25, 0.3) is 0 Å². The molecule has 158 valence electrons. The van der Waals surface area contributed by atoms with Gasteiger partial charge in [-0.25, -0.2) is 0 Å². The first-order chi connectivity index (χ1) is 15.1. The normalized spacial score (nSPS) is 20.0. The highest BCUT2D eigenvalue weighted by molar-refractivity contribution is 6.01. The van der Waals surface area contributed by atoms with Crippen LogP contribution >= 0.6 is 0 Å². The summed E-state index contributed by atoms with van der Waals surface area (Å²) in [6.45, 7) is 1.90. The summed E-state index contributed by atoms with van der Waals surface area (Å²) in [7, 11) is 3.23. The number of allylic oxidation sites excluding steroid dienone is 2. The van der Waals surface area contributed by atoms with Crippen molar-refractivity contribution in [2.24, 2.45) is 0 Å². The van der Waals surface area contributed by atoms with Crippen molar-refractivity contribution in [3.05, 3.63) is 76.4 Å². The van der Waals surface area contributed by atoms with Gasteiger partial charge in [-0.2, -0.15) is 0 Å². The van der Waals surface area contributed by atoms with Crippen LogP contribution in [0.2, 0.25) is 0 Å². The molecule has 0 saturated carbocycles. The van der Waals surface area contributed by atoms with Gasteiger partial charge in [-0.05, 0) is 48.6 Å². The van der Waals surface area contributed by atoms with Crippen LogP contribution in [0.5, 0.6) is 11.5 Å². The second-order valence-corrected chi connectivity index (χ2v) is 7.89. The average Bonchev–Trinajstić information content (AvgIpc) is 3.17. The molecule has 7 nitrogen and oxygen atoms in total. The van der Waals surface area contributed by atoms with E-state index in [1.807, 2.05) is 43.5 Å². The van der Waals surface area contributed by atoms with Crippen LogP contribution in [0.25, 0.3) is 0 Å². The maximum atomic E-state index is 13.5. The molecule has 0 spiro atoms. The summed E-state index contributed by atoms with van der Waals surface area (Å²) in [6, 6.07) is 9.72. The van der Waals surface area contributed by atoms with E-state index in [0.29, 0.717) is 30.2 Å². The number of nitrogens with zero attached hydrogens (tertiary/aromatic N) is 2. The van der Waals surface area contributed by atoms with E-state index >= 15 is 0 Å². The van der Waals surface area contributed by atoms with E-state index in [9.17, 15) is 4.79 Å². The van der Waals surface area contributed by atoms with Crippen molar-refractivity contribution < 1.29 is 18.8 Å². The number of aromatic nitrogens is 2. The number of anilines is 1. The minimum atomic E-state index is -0.231. The molecule has 0 bridgehead atoms. The SMILES string of the molecule is COc1ccc([C@H]2CC(=O)C3=C(C2)Nc2onc(C)c2[C@@H]3c2cccnc2)cc1OC. The smallest absolute Gasteiger partial charge is 0.233 e. The molecule has 0 amide bonds. The van der Waals surface area contributed by atoms with Crippen LogP contribution in [0.3, 0.4) is 0 Å². The third-order valence-corrected chi connectivity index (χ3v) is 6.15. The molecule has 0 saturated heterocycles. The zero-order valence-corrected chi connectivity index (χ0v) is 17.6. The highest BCUT2D eigenvalue weighted by Crippen LogP contribution is 2.49. The number of fused-ring (bicyclic) bond motifs is 1. The van der Waals surface area contributed by atoms with Crippen molar-refractivity contribution in [2.45, 2.75) is 31.6 Å². The number of nitrogens with one attached hydrogen (secondary N) is 1. The molecular weight excluding hydrogens is 394 g/mol. The van der Waals surface area contributed by atoms with Crippen molar-refractivity contribution >= 4 is 11.7 Å². The molecule has 0 radical (unpaired) electrons. The Kier molecular flexibility index (Phi) is 4.73. The maximum absolute atomic E-state index is 13.5. The van der Waals surface area contributed by atoms with Gasteiger partial charge in [0.05, 0.1) is 25.5 Å². The number of benzene rings is 1. The second-order valence-electron chi connectivity index (χ2n) is 7.89. The van der Waals surface area contributed by atoms with E-state index in [0.717, 1.165) is 33.7 Å². The Morgan fingerprint density at radius 2 is 1.94 bits per heavy atom. The summed E-state index contributed by atoms with van der Waals surface area (Å²) >= 11 is 0. The first kappa shape index (κ1) is 19.4. The number of methoxy groups -OCH3 is 2. The molecule has 2 atom stereocenters. The van der Waals surface area contributed by atoms with Crippen molar-refractivity contribution in [3.8, 4) is 11.5 Å². The number of hydrogen-bond donors (Lipinski definition) is 1. The Morgan fingerprint density at radius 1 is 1.10 bits per heavy atom. The number of ketones is 1. The van der Waals surface area contributed by atoms with E-state index < -0.39 is 0 Å². The molecule has 1 aliphatic heterocycles. The maximum Gasteiger partial charge on any atom is 0.233 e. The Hall–Kier alpha value is -3.61. The lowest BCUT2D eigenvalue weighted by Crippen LogP contribution is -2.29. The number of Topliss-reactive ketones (excluding diaryl/α,β-unsaturated/α-hetero) is 1. The highest BCUT2D eigenvalue weighted by atomic mass is 16.5. The lowest BCUT2D eigenvalue weighted by molar-refractivity contribution is -0.116. The fourth-order valence-corrected chi connectivity index (χ4v) is 4.69. The number of pyridine rings is 1. The van der Waals surface area contributed by atoms with E-state index in [1.165, 1.54) is 0 Å². The molecule has 7 heteroatoms. The molecule has 1 aliphatic carbocycles. The predicted molar refractivity (Wildman–Crippen MR) is 114 cm³/mol. The number of hydrogen-bond acceptors (Lipinski definition) is 7. The zero-order valence-electron chi connectivity index (χ0n) is 17.6. The summed E-state index contributed by atoms with van der Waals surface area (Å²) in [5.74, 6) is 1.84. The van der Waals surface area contributed by atoms with Gasteiger partial charge in [0.15, 0.2) is 17.3 Å². The summed E-state index contributed by atoms with van der Waals surface area (Å²) in [5, 5.41) is 7.50. The summed E-state index contributed by atoms with van der Waals surface area (Å²) in [4.78, 5) is 17.8.